The van der Waals surface area contributed by atoms with Crippen LogP contribution >= 0.6 is 0 Å². The first kappa shape index (κ1) is 12.7. The molecule has 1 aliphatic heterocycles. The van der Waals surface area contributed by atoms with E-state index in [1.807, 2.05) is 13.8 Å². The molecule has 0 radical (unpaired) electrons. The van der Waals surface area contributed by atoms with Crippen molar-refractivity contribution < 1.29 is 18.7 Å². The maximum absolute atomic E-state index is 14.0. The van der Waals surface area contributed by atoms with Crippen LogP contribution in [-0.2, 0) is 4.74 Å². The van der Waals surface area contributed by atoms with Crippen molar-refractivity contribution in [2.45, 2.75) is 19.9 Å². The SMILES string of the molecule is COc1ccc([C@@H]2NC(=O)OCC2(C)C)c(F)c1. The molecule has 0 aromatic heterocycles. The molecule has 1 aromatic rings. The molecular weight excluding hydrogens is 237 g/mol. The summed E-state index contributed by atoms with van der Waals surface area (Å²) in [7, 11) is 1.48. The molecule has 1 heterocycles. The second kappa shape index (κ2) is 4.48. The van der Waals surface area contributed by atoms with Gasteiger partial charge < -0.3 is 14.8 Å². The molecule has 0 bridgehead atoms. The Bertz CT molecular complexity index is 473. The first-order valence-corrected chi connectivity index (χ1v) is 5.71. The molecular formula is C13H16FNO3. The van der Waals surface area contributed by atoms with E-state index >= 15 is 0 Å². The number of benzene rings is 1. The number of halogens is 1. The zero-order chi connectivity index (χ0) is 13.3. The second-order valence-corrected chi connectivity index (χ2v) is 5.03. The lowest BCUT2D eigenvalue weighted by molar-refractivity contribution is 0.0377. The van der Waals surface area contributed by atoms with Crippen molar-refractivity contribution >= 4 is 6.09 Å². The zero-order valence-corrected chi connectivity index (χ0v) is 10.6. The monoisotopic (exact) mass is 253 g/mol. The van der Waals surface area contributed by atoms with Gasteiger partial charge in [0.05, 0.1) is 13.2 Å². The molecule has 1 amide bonds. The van der Waals surface area contributed by atoms with Crippen LogP contribution in [0.5, 0.6) is 5.75 Å². The first-order chi connectivity index (χ1) is 8.44. The maximum atomic E-state index is 14.0. The van der Waals surface area contributed by atoms with E-state index < -0.39 is 18.0 Å². The summed E-state index contributed by atoms with van der Waals surface area (Å²) in [5.74, 6) is 0.0575. The molecule has 1 aromatic carbocycles. The van der Waals surface area contributed by atoms with E-state index in [1.165, 1.54) is 13.2 Å². The highest BCUT2D eigenvalue weighted by molar-refractivity contribution is 5.69. The minimum atomic E-state index is -0.519. The number of amides is 1. The Morgan fingerprint density at radius 3 is 2.83 bits per heavy atom. The highest BCUT2D eigenvalue weighted by Gasteiger charge is 2.39. The maximum Gasteiger partial charge on any atom is 0.407 e. The third-order valence-corrected chi connectivity index (χ3v) is 3.14. The highest BCUT2D eigenvalue weighted by atomic mass is 19.1. The Balaban J connectivity index is 2.37. The Hall–Kier alpha value is -1.78. The van der Waals surface area contributed by atoms with Crippen molar-refractivity contribution in [2.24, 2.45) is 5.41 Å². The number of carbonyl (C=O) groups is 1. The van der Waals surface area contributed by atoms with Gasteiger partial charge in [-0.05, 0) is 6.07 Å². The number of hydrogen-bond acceptors (Lipinski definition) is 3. The molecule has 1 fully saturated rings. The largest absolute Gasteiger partial charge is 0.497 e. The van der Waals surface area contributed by atoms with Crippen LogP contribution < -0.4 is 10.1 Å². The average molecular weight is 253 g/mol. The van der Waals surface area contributed by atoms with Gasteiger partial charge in [-0.1, -0.05) is 19.9 Å². The van der Waals surface area contributed by atoms with E-state index in [1.54, 1.807) is 12.1 Å². The second-order valence-electron chi connectivity index (χ2n) is 5.03. The average Bonchev–Trinajstić information content (AvgIpc) is 2.32. The summed E-state index contributed by atoms with van der Waals surface area (Å²) in [6, 6.07) is 4.21. The number of carbonyl (C=O) groups excluding carboxylic acids is 1. The summed E-state index contributed by atoms with van der Waals surface area (Å²) in [6.07, 6.45) is -0.519. The molecule has 0 unspecified atom stereocenters. The van der Waals surface area contributed by atoms with Crippen molar-refractivity contribution in [3.05, 3.63) is 29.6 Å². The summed E-state index contributed by atoms with van der Waals surface area (Å²) in [5.41, 5.74) is 0.0704. The van der Waals surface area contributed by atoms with Crippen molar-refractivity contribution in [1.82, 2.24) is 5.32 Å². The number of alkyl carbamates (subject to hydrolysis) is 1. The van der Waals surface area contributed by atoms with E-state index in [4.69, 9.17) is 9.47 Å². The molecule has 2 rings (SSSR count). The number of methoxy groups -OCH3 is 1. The topological polar surface area (TPSA) is 47.6 Å². The Kier molecular flexibility index (Phi) is 3.15. The van der Waals surface area contributed by atoms with E-state index in [0.29, 0.717) is 11.3 Å². The van der Waals surface area contributed by atoms with Gasteiger partial charge in [-0.25, -0.2) is 9.18 Å². The molecule has 98 valence electrons. The van der Waals surface area contributed by atoms with Crippen LogP contribution in [0.15, 0.2) is 18.2 Å². The molecule has 0 aliphatic carbocycles. The molecule has 1 saturated heterocycles. The minimum absolute atomic E-state index is 0.259. The quantitative estimate of drug-likeness (QED) is 0.881. The molecule has 1 N–H and O–H groups in total. The van der Waals surface area contributed by atoms with Gasteiger partial charge in [-0.15, -0.1) is 0 Å². The smallest absolute Gasteiger partial charge is 0.407 e. The third-order valence-electron chi connectivity index (χ3n) is 3.14. The van der Waals surface area contributed by atoms with Gasteiger partial charge in [0.1, 0.15) is 18.2 Å². The normalized spacial score (nSPS) is 22.0. The number of cyclic esters (lactones) is 1. The van der Waals surface area contributed by atoms with Crippen molar-refractivity contribution in [3.63, 3.8) is 0 Å². The first-order valence-electron chi connectivity index (χ1n) is 5.71. The summed E-state index contributed by atoms with van der Waals surface area (Å²) in [4.78, 5) is 11.3. The van der Waals surface area contributed by atoms with E-state index in [2.05, 4.69) is 5.32 Å². The number of rotatable bonds is 2. The van der Waals surface area contributed by atoms with Crippen LogP contribution in [0.2, 0.25) is 0 Å². The summed E-state index contributed by atoms with van der Waals surface area (Å²) >= 11 is 0. The predicted octanol–water partition coefficient (Wildman–Crippen LogP) is 2.64. The van der Waals surface area contributed by atoms with Gasteiger partial charge in [0.25, 0.3) is 0 Å². The molecule has 5 heteroatoms. The Morgan fingerprint density at radius 1 is 1.50 bits per heavy atom. The number of ether oxygens (including phenoxy) is 2. The fourth-order valence-corrected chi connectivity index (χ4v) is 2.06. The minimum Gasteiger partial charge on any atom is -0.497 e. The molecule has 1 atom stereocenters. The van der Waals surface area contributed by atoms with E-state index in [0.717, 1.165) is 0 Å². The fraction of sp³-hybridized carbons (Fsp3) is 0.462. The van der Waals surface area contributed by atoms with Crippen LogP contribution in [0, 0.1) is 11.2 Å². The van der Waals surface area contributed by atoms with Gasteiger partial charge in [-0.3, -0.25) is 0 Å². The standard InChI is InChI=1S/C13H16FNO3/c1-13(2)7-18-12(16)15-11(13)9-5-4-8(17-3)6-10(9)14/h4-6,11H,7H2,1-3H3,(H,15,16)/t11-/m0/s1. The molecule has 0 spiro atoms. The molecule has 1 aliphatic rings. The van der Waals surface area contributed by atoms with E-state index in [9.17, 15) is 9.18 Å². The van der Waals surface area contributed by atoms with Crippen LogP contribution in [0.4, 0.5) is 9.18 Å². The lowest BCUT2D eigenvalue weighted by Crippen LogP contribution is -2.47. The van der Waals surface area contributed by atoms with Crippen LogP contribution in [0.3, 0.4) is 0 Å². The Morgan fingerprint density at radius 2 is 2.22 bits per heavy atom. The van der Waals surface area contributed by atoms with E-state index in [-0.39, 0.29) is 12.0 Å². The number of nitrogens with one attached hydrogen (secondary N) is 1. The van der Waals surface area contributed by atoms with Gasteiger partial charge in [0, 0.05) is 17.0 Å². The summed E-state index contributed by atoms with van der Waals surface area (Å²) in [5, 5.41) is 2.66. The zero-order valence-electron chi connectivity index (χ0n) is 10.6. The van der Waals surface area contributed by atoms with Crippen LogP contribution in [0.1, 0.15) is 25.5 Å². The molecule has 0 saturated carbocycles. The fourth-order valence-electron chi connectivity index (χ4n) is 2.06. The highest BCUT2D eigenvalue weighted by Crippen LogP contribution is 2.38. The van der Waals surface area contributed by atoms with Gasteiger partial charge in [-0.2, -0.15) is 0 Å². The van der Waals surface area contributed by atoms with Gasteiger partial charge in [0.15, 0.2) is 0 Å². The van der Waals surface area contributed by atoms with Crippen LogP contribution in [-0.4, -0.2) is 19.8 Å². The third kappa shape index (κ3) is 2.25. The van der Waals surface area contributed by atoms with Crippen molar-refractivity contribution in [3.8, 4) is 5.75 Å². The Labute approximate surface area is 105 Å². The lowest BCUT2D eigenvalue weighted by Gasteiger charge is -2.38. The predicted molar refractivity (Wildman–Crippen MR) is 64.0 cm³/mol. The van der Waals surface area contributed by atoms with Gasteiger partial charge >= 0.3 is 6.09 Å². The van der Waals surface area contributed by atoms with Crippen molar-refractivity contribution in [2.75, 3.05) is 13.7 Å². The molecule has 4 nitrogen and oxygen atoms in total. The summed E-state index contributed by atoms with van der Waals surface area (Å²) in [6.45, 7) is 4.09. The van der Waals surface area contributed by atoms with Crippen molar-refractivity contribution in [1.29, 1.82) is 0 Å². The van der Waals surface area contributed by atoms with Crippen LogP contribution in [0.25, 0.3) is 0 Å². The number of hydrogen-bond donors (Lipinski definition) is 1. The summed E-state index contributed by atoms with van der Waals surface area (Å²) < 4.78 is 23.9. The lowest BCUT2D eigenvalue weighted by atomic mass is 9.80. The van der Waals surface area contributed by atoms with Gasteiger partial charge in [0.2, 0.25) is 0 Å². The molecule has 18 heavy (non-hydrogen) atoms.